The maximum absolute atomic E-state index is 13.2. The number of nitro groups is 1. The standard InChI is InChI=1S/C17H14F3N5O2S/c18-17(19,20)12-9-11(1-2-14(12)25(26)27)23-4-6-24(7-5-23)16-15-13(3-8-28-15)21-10-22-16/h1-3,8-10H,4-7H2. The van der Waals surface area contributed by atoms with Gasteiger partial charge in [0.25, 0.3) is 5.69 Å². The molecule has 11 heteroatoms. The molecule has 28 heavy (non-hydrogen) atoms. The smallest absolute Gasteiger partial charge is 0.368 e. The number of piperazine rings is 1. The van der Waals surface area contributed by atoms with Gasteiger partial charge < -0.3 is 9.80 Å². The highest BCUT2D eigenvalue weighted by molar-refractivity contribution is 7.17. The molecule has 3 aromatic rings. The molecule has 0 unspecified atom stereocenters. The van der Waals surface area contributed by atoms with Crippen LogP contribution in [0.3, 0.4) is 0 Å². The minimum absolute atomic E-state index is 0.321. The van der Waals surface area contributed by atoms with E-state index in [2.05, 4.69) is 14.9 Å². The van der Waals surface area contributed by atoms with Crippen molar-refractivity contribution in [2.24, 2.45) is 0 Å². The van der Waals surface area contributed by atoms with E-state index in [0.717, 1.165) is 28.2 Å². The molecule has 2 aromatic heterocycles. The van der Waals surface area contributed by atoms with Crippen molar-refractivity contribution in [2.45, 2.75) is 6.18 Å². The van der Waals surface area contributed by atoms with E-state index < -0.39 is 22.4 Å². The van der Waals surface area contributed by atoms with E-state index in [0.29, 0.717) is 31.9 Å². The molecule has 1 aliphatic rings. The molecule has 1 fully saturated rings. The van der Waals surface area contributed by atoms with E-state index in [1.165, 1.54) is 12.4 Å². The van der Waals surface area contributed by atoms with Gasteiger partial charge in [0, 0.05) is 37.9 Å². The topological polar surface area (TPSA) is 75.4 Å². The lowest BCUT2D eigenvalue weighted by Crippen LogP contribution is -2.47. The Balaban J connectivity index is 1.55. The number of anilines is 2. The van der Waals surface area contributed by atoms with Crippen molar-refractivity contribution in [1.29, 1.82) is 0 Å². The van der Waals surface area contributed by atoms with E-state index >= 15 is 0 Å². The van der Waals surface area contributed by atoms with Crippen LogP contribution in [0.25, 0.3) is 10.2 Å². The highest BCUT2D eigenvalue weighted by Gasteiger charge is 2.39. The van der Waals surface area contributed by atoms with Gasteiger partial charge in [0.15, 0.2) is 0 Å². The fourth-order valence-electron chi connectivity index (χ4n) is 3.28. The molecule has 1 saturated heterocycles. The van der Waals surface area contributed by atoms with Gasteiger partial charge in [0.1, 0.15) is 17.7 Å². The first-order valence-electron chi connectivity index (χ1n) is 8.38. The normalized spacial score (nSPS) is 15.2. The zero-order valence-corrected chi connectivity index (χ0v) is 15.2. The SMILES string of the molecule is O=[N+]([O-])c1ccc(N2CCN(c3ncnc4ccsc34)CC2)cc1C(F)(F)F. The lowest BCUT2D eigenvalue weighted by atomic mass is 10.1. The first-order valence-corrected chi connectivity index (χ1v) is 9.26. The van der Waals surface area contributed by atoms with Crippen LogP contribution in [-0.4, -0.2) is 41.1 Å². The fourth-order valence-corrected chi connectivity index (χ4v) is 4.15. The summed E-state index contributed by atoms with van der Waals surface area (Å²) in [6.07, 6.45) is -3.28. The van der Waals surface area contributed by atoms with Crippen LogP contribution in [0.1, 0.15) is 5.56 Å². The number of fused-ring (bicyclic) bond motifs is 1. The Hall–Kier alpha value is -2.95. The Morgan fingerprint density at radius 3 is 2.46 bits per heavy atom. The average Bonchev–Trinajstić information content (AvgIpc) is 3.16. The van der Waals surface area contributed by atoms with E-state index in [1.54, 1.807) is 16.2 Å². The summed E-state index contributed by atoms with van der Waals surface area (Å²) in [6, 6.07) is 5.06. The molecular formula is C17H14F3N5O2S. The molecule has 7 nitrogen and oxygen atoms in total. The van der Waals surface area contributed by atoms with Gasteiger partial charge in [-0.2, -0.15) is 13.2 Å². The third-order valence-corrected chi connectivity index (χ3v) is 5.55. The summed E-state index contributed by atoms with van der Waals surface area (Å²) < 4.78 is 40.6. The molecule has 0 aliphatic carbocycles. The molecule has 0 atom stereocenters. The molecule has 0 bridgehead atoms. The number of rotatable bonds is 3. The number of hydrogen-bond donors (Lipinski definition) is 0. The third-order valence-electron chi connectivity index (χ3n) is 4.65. The highest BCUT2D eigenvalue weighted by atomic mass is 32.1. The Morgan fingerprint density at radius 1 is 1.07 bits per heavy atom. The maximum Gasteiger partial charge on any atom is 0.423 e. The summed E-state index contributed by atoms with van der Waals surface area (Å²) in [7, 11) is 0. The van der Waals surface area contributed by atoms with Gasteiger partial charge in [-0.3, -0.25) is 10.1 Å². The average molecular weight is 409 g/mol. The monoisotopic (exact) mass is 409 g/mol. The molecule has 0 spiro atoms. The lowest BCUT2D eigenvalue weighted by Gasteiger charge is -2.37. The molecule has 0 amide bonds. The van der Waals surface area contributed by atoms with Crippen molar-refractivity contribution in [1.82, 2.24) is 9.97 Å². The van der Waals surface area contributed by atoms with E-state index in [4.69, 9.17) is 0 Å². The maximum atomic E-state index is 13.2. The van der Waals surface area contributed by atoms with Crippen molar-refractivity contribution in [2.75, 3.05) is 36.0 Å². The van der Waals surface area contributed by atoms with Crippen LogP contribution in [0.2, 0.25) is 0 Å². The van der Waals surface area contributed by atoms with Gasteiger partial charge in [0.05, 0.1) is 15.1 Å². The third kappa shape index (κ3) is 3.33. The Morgan fingerprint density at radius 2 is 1.79 bits per heavy atom. The minimum atomic E-state index is -4.79. The molecule has 3 heterocycles. The predicted octanol–water partition coefficient (Wildman–Crippen LogP) is 3.94. The largest absolute Gasteiger partial charge is 0.423 e. The van der Waals surface area contributed by atoms with Crippen molar-refractivity contribution < 1.29 is 18.1 Å². The van der Waals surface area contributed by atoms with Crippen LogP contribution in [0, 0.1) is 10.1 Å². The number of alkyl halides is 3. The van der Waals surface area contributed by atoms with Crippen LogP contribution in [0.15, 0.2) is 36.0 Å². The van der Waals surface area contributed by atoms with E-state index in [-0.39, 0.29) is 0 Å². The zero-order chi connectivity index (χ0) is 19.9. The summed E-state index contributed by atoms with van der Waals surface area (Å²) in [5, 5.41) is 12.9. The van der Waals surface area contributed by atoms with Crippen molar-refractivity contribution in [3.8, 4) is 0 Å². The van der Waals surface area contributed by atoms with Crippen LogP contribution in [0.4, 0.5) is 30.4 Å². The number of benzene rings is 1. The lowest BCUT2D eigenvalue weighted by molar-refractivity contribution is -0.388. The fraction of sp³-hybridized carbons (Fsp3) is 0.294. The number of hydrogen-bond acceptors (Lipinski definition) is 7. The van der Waals surface area contributed by atoms with Crippen LogP contribution < -0.4 is 9.80 Å². The van der Waals surface area contributed by atoms with Gasteiger partial charge in [-0.1, -0.05) is 0 Å². The first kappa shape index (κ1) is 18.4. The predicted molar refractivity (Wildman–Crippen MR) is 99.9 cm³/mol. The number of nitro benzene ring substituents is 1. The Bertz CT molecular complexity index is 1030. The Kier molecular flexibility index (Phi) is 4.53. The van der Waals surface area contributed by atoms with Gasteiger partial charge in [0.2, 0.25) is 0 Å². The second-order valence-corrected chi connectivity index (χ2v) is 7.18. The summed E-state index contributed by atoms with van der Waals surface area (Å²) in [4.78, 5) is 22.4. The molecule has 1 aromatic carbocycles. The van der Waals surface area contributed by atoms with Gasteiger partial charge in [-0.05, 0) is 23.6 Å². The quantitative estimate of drug-likeness (QED) is 0.482. The van der Waals surface area contributed by atoms with Crippen molar-refractivity contribution in [3.63, 3.8) is 0 Å². The molecule has 1 aliphatic heterocycles. The minimum Gasteiger partial charge on any atom is -0.368 e. The van der Waals surface area contributed by atoms with Gasteiger partial charge in [-0.25, -0.2) is 9.97 Å². The molecular weight excluding hydrogens is 395 g/mol. The molecule has 0 radical (unpaired) electrons. The van der Waals surface area contributed by atoms with E-state index in [9.17, 15) is 23.3 Å². The first-order chi connectivity index (χ1) is 13.3. The van der Waals surface area contributed by atoms with E-state index in [1.807, 2.05) is 11.4 Å². The summed E-state index contributed by atoms with van der Waals surface area (Å²) in [6.45, 7) is 2.10. The molecule has 0 N–H and O–H groups in total. The van der Waals surface area contributed by atoms with Crippen LogP contribution >= 0.6 is 11.3 Å². The second kappa shape index (κ2) is 6.89. The molecule has 4 rings (SSSR count). The van der Waals surface area contributed by atoms with Crippen LogP contribution in [-0.2, 0) is 6.18 Å². The number of nitrogens with zero attached hydrogens (tertiary/aromatic N) is 5. The Labute approximate surface area is 161 Å². The van der Waals surface area contributed by atoms with Crippen LogP contribution in [0.5, 0.6) is 0 Å². The van der Waals surface area contributed by atoms with Gasteiger partial charge >= 0.3 is 6.18 Å². The van der Waals surface area contributed by atoms with Crippen molar-refractivity contribution in [3.05, 3.63) is 51.7 Å². The molecule has 146 valence electrons. The summed E-state index contributed by atoms with van der Waals surface area (Å²) in [5.74, 6) is 0.819. The summed E-state index contributed by atoms with van der Waals surface area (Å²) in [5.41, 5.74) is -0.978. The summed E-state index contributed by atoms with van der Waals surface area (Å²) >= 11 is 1.54. The molecule has 0 saturated carbocycles. The zero-order valence-electron chi connectivity index (χ0n) is 14.4. The number of thiophene rings is 1. The van der Waals surface area contributed by atoms with Crippen molar-refractivity contribution >= 4 is 38.7 Å². The number of aromatic nitrogens is 2. The van der Waals surface area contributed by atoms with Gasteiger partial charge in [-0.15, -0.1) is 11.3 Å². The second-order valence-electron chi connectivity index (χ2n) is 6.26. The number of halogens is 3. The highest BCUT2D eigenvalue weighted by Crippen LogP contribution is 2.38.